The summed E-state index contributed by atoms with van der Waals surface area (Å²) in [4.78, 5) is 22.5. The number of anilines is 2. The number of nitrogens with one attached hydrogen (secondary N) is 2. The molecule has 9 heteroatoms. The van der Waals surface area contributed by atoms with Gasteiger partial charge in [-0.1, -0.05) is 12.1 Å². The first-order chi connectivity index (χ1) is 17.5. The standard InChI is InChI=1S/C27H24FN5O3/c1-15-5-3-6-16-13-30-27(34)25-24(31-21-8-4-7-19(28)26(21)35-2)18(14-33(16)25)17-11-12-29-20-9-10-22(36-15)32-23(17)20/h3-5,7-12,14-16,31H,6,13H2,1-2H3,(H,30,34)/b5-3-. The van der Waals surface area contributed by atoms with Crippen LogP contribution in [0.5, 0.6) is 11.6 Å². The summed E-state index contributed by atoms with van der Waals surface area (Å²) in [7, 11) is 1.41. The maximum Gasteiger partial charge on any atom is 0.270 e. The van der Waals surface area contributed by atoms with Gasteiger partial charge in [0.2, 0.25) is 5.88 Å². The molecule has 36 heavy (non-hydrogen) atoms. The SMILES string of the molecule is COc1c(F)cccc1Nc1c2cn3c1C(=O)NCC3C/C=C\C(C)Oc1ccc3nccc-2c3n1. The predicted octanol–water partition coefficient (Wildman–Crippen LogP) is 5.00. The normalized spacial score (nSPS) is 19.5. The van der Waals surface area contributed by atoms with Gasteiger partial charge in [0.25, 0.3) is 5.91 Å². The second-order valence-corrected chi connectivity index (χ2v) is 8.85. The number of benzene rings is 1. The Bertz CT molecular complexity index is 1530. The van der Waals surface area contributed by atoms with Crippen molar-refractivity contribution in [1.82, 2.24) is 19.9 Å². The van der Waals surface area contributed by atoms with E-state index in [2.05, 4.69) is 21.7 Å². The Kier molecular flexibility index (Phi) is 5.32. The molecular formula is C27H24FN5O3. The van der Waals surface area contributed by atoms with Crippen LogP contribution in [-0.4, -0.2) is 40.2 Å². The number of hydrogen-bond donors (Lipinski definition) is 2. The molecule has 2 aliphatic rings. The van der Waals surface area contributed by atoms with Crippen LogP contribution in [0.4, 0.5) is 15.8 Å². The summed E-state index contributed by atoms with van der Waals surface area (Å²) in [5.74, 6) is -0.166. The molecule has 2 atom stereocenters. The lowest BCUT2D eigenvalue weighted by atomic mass is 10.0. The fourth-order valence-electron chi connectivity index (χ4n) is 4.86. The van der Waals surface area contributed by atoms with E-state index >= 15 is 0 Å². The highest BCUT2D eigenvalue weighted by Gasteiger charge is 2.32. The number of ether oxygens (including phenoxy) is 2. The van der Waals surface area contributed by atoms with Crippen molar-refractivity contribution in [3.63, 3.8) is 0 Å². The Hall–Kier alpha value is -4.40. The van der Waals surface area contributed by atoms with Crippen LogP contribution in [0.3, 0.4) is 0 Å². The van der Waals surface area contributed by atoms with Gasteiger partial charge in [-0.3, -0.25) is 9.78 Å². The van der Waals surface area contributed by atoms with Crippen LogP contribution >= 0.6 is 0 Å². The number of carbonyl (C=O) groups is 1. The third-order valence-corrected chi connectivity index (χ3v) is 6.54. The van der Waals surface area contributed by atoms with Crippen molar-refractivity contribution < 1.29 is 18.7 Å². The summed E-state index contributed by atoms with van der Waals surface area (Å²) < 4.78 is 27.9. The highest BCUT2D eigenvalue weighted by molar-refractivity contribution is 6.06. The third kappa shape index (κ3) is 3.64. The van der Waals surface area contributed by atoms with Gasteiger partial charge in [0, 0.05) is 36.1 Å². The van der Waals surface area contributed by atoms with Gasteiger partial charge in [-0.05, 0) is 43.7 Å². The minimum absolute atomic E-state index is 0.0148. The van der Waals surface area contributed by atoms with Crippen molar-refractivity contribution in [2.45, 2.75) is 25.5 Å². The summed E-state index contributed by atoms with van der Waals surface area (Å²) in [6, 6.07) is 10.2. The second kappa shape index (κ2) is 8.67. The summed E-state index contributed by atoms with van der Waals surface area (Å²) >= 11 is 0. The number of rotatable bonds is 3. The van der Waals surface area contributed by atoms with Gasteiger partial charge >= 0.3 is 0 Å². The minimum Gasteiger partial charge on any atom is -0.492 e. The van der Waals surface area contributed by atoms with Crippen molar-refractivity contribution in [3.8, 4) is 22.8 Å². The molecule has 1 amide bonds. The zero-order chi connectivity index (χ0) is 24.8. The molecule has 0 fully saturated rings. The number of nitrogens with zero attached hydrogens (tertiary/aromatic N) is 3. The van der Waals surface area contributed by atoms with E-state index in [1.54, 1.807) is 24.4 Å². The van der Waals surface area contributed by atoms with Gasteiger partial charge < -0.3 is 24.7 Å². The highest BCUT2D eigenvalue weighted by Crippen LogP contribution is 2.42. The average molecular weight is 486 g/mol. The van der Waals surface area contributed by atoms with Crippen LogP contribution in [0.25, 0.3) is 22.2 Å². The molecule has 2 unspecified atom stereocenters. The predicted molar refractivity (Wildman–Crippen MR) is 134 cm³/mol. The molecule has 8 nitrogen and oxygen atoms in total. The topological polar surface area (TPSA) is 90.3 Å². The molecular weight excluding hydrogens is 461 g/mol. The molecule has 1 aromatic carbocycles. The number of methoxy groups -OCH3 is 1. The number of halogens is 1. The van der Waals surface area contributed by atoms with E-state index in [1.807, 2.05) is 35.9 Å². The molecule has 6 rings (SSSR count). The highest BCUT2D eigenvalue weighted by atomic mass is 19.1. The van der Waals surface area contributed by atoms with Gasteiger partial charge in [-0.25, -0.2) is 9.37 Å². The monoisotopic (exact) mass is 485 g/mol. The van der Waals surface area contributed by atoms with Crippen LogP contribution in [0, 0.1) is 5.82 Å². The molecule has 0 aliphatic carbocycles. The third-order valence-electron chi connectivity index (χ3n) is 6.54. The number of fused-ring (bicyclic) bond motifs is 3. The van der Waals surface area contributed by atoms with Crippen molar-refractivity contribution >= 4 is 28.3 Å². The zero-order valence-electron chi connectivity index (χ0n) is 19.8. The summed E-state index contributed by atoms with van der Waals surface area (Å²) in [6.45, 7) is 2.45. The van der Waals surface area contributed by atoms with E-state index in [1.165, 1.54) is 13.2 Å². The van der Waals surface area contributed by atoms with E-state index in [0.29, 0.717) is 46.9 Å². The van der Waals surface area contributed by atoms with Crippen molar-refractivity contribution in [3.05, 3.63) is 72.5 Å². The lowest BCUT2D eigenvalue weighted by Gasteiger charge is -2.26. The molecule has 5 heterocycles. The van der Waals surface area contributed by atoms with Gasteiger partial charge in [0.1, 0.15) is 17.3 Å². The average Bonchev–Trinajstić information content (AvgIpc) is 3.25. The van der Waals surface area contributed by atoms with Gasteiger partial charge in [-0.2, -0.15) is 0 Å². The van der Waals surface area contributed by atoms with Crippen molar-refractivity contribution in [1.29, 1.82) is 0 Å². The number of carbonyl (C=O) groups excluding carboxylic acids is 1. The van der Waals surface area contributed by atoms with Crippen molar-refractivity contribution in [2.75, 3.05) is 19.0 Å². The van der Waals surface area contributed by atoms with Crippen LogP contribution in [0.1, 0.15) is 29.9 Å². The molecule has 3 aromatic heterocycles. The number of amides is 1. The molecule has 0 spiro atoms. The molecule has 4 bridgehead atoms. The summed E-state index contributed by atoms with van der Waals surface area (Å²) in [5.41, 5.74) is 4.26. The zero-order valence-corrected chi connectivity index (χ0v) is 19.8. The molecule has 2 N–H and O–H groups in total. The first-order valence-electron chi connectivity index (χ1n) is 11.8. The number of aromatic nitrogens is 3. The Morgan fingerprint density at radius 1 is 1.22 bits per heavy atom. The molecule has 0 saturated heterocycles. The van der Waals surface area contributed by atoms with E-state index < -0.39 is 5.82 Å². The number of hydrogen-bond acceptors (Lipinski definition) is 6. The molecule has 182 valence electrons. The van der Waals surface area contributed by atoms with E-state index in [-0.39, 0.29) is 23.8 Å². The van der Waals surface area contributed by atoms with E-state index in [9.17, 15) is 9.18 Å². The van der Waals surface area contributed by atoms with Crippen molar-refractivity contribution in [2.24, 2.45) is 0 Å². The smallest absolute Gasteiger partial charge is 0.270 e. The maximum absolute atomic E-state index is 14.5. The summed E-state index contributed by atoms with van der Waals surface area (Å²) in [6.07, 6.45) is 8.24. The van der Waals surface area contributed by atoms with Crippen LogP contribution < -0.4 is 20.1 Å². The lowest BCUT2D eigenvalue weighted by Crippen LogP contribution is -2.38. The van der Waals surface area contributed by atoms with Gasteiger partial charge in [0.15, 0.2) is 11.6 Å². The largest absolute Gasteiger partial charge is 0.492 e. The van der Waals surface area contributed by atoms with E-state index in [4.69, 9.17) is 14.5 Å². The van der Waals surface area contributed by atoms with E-state index in [0.717, 1.165) is 11.1 Å². The van der Waals surface area contributed by atoms with Gasteiger partial charge in [-0.15, -0.1) is 0 Å². The Morgan fingerprint density at radius 3 is 2.97 bits per heavy atom. The second-order valence-electron chi connectivity index (χ2n) is 8.85. The molecule has 0 radical (unpaired) electrons. The fraction of sp³-hybridized carbons (Fsp3) is 0.222. The molecule has 2 aliphatic heterocycles. The maximum atomic E-state index is 14.5. The Balaban J connectivity index is 1.64. The van der Waals surface area contributed by atoms with Crippen LogP contribution in [-0.2, 0) is 0 Å². The quantitative estimate of drug-likeness (QED) is 0.397. The molecule has 4 aromatic rings. The first-order valence-corrected chi connectivity index (χ1v) is 11.8. The Morgan fingerprint density at radius 2 is 2.11 bits per heavy atom. The number of para-hydroxylation sites is 1. The number of allylic oxidation sites excluding steroid dienone is 1. The van der Waals surface area contributed by atoms with Crippen LogP contribution in [0.15, 0.2) is 60.9 Å². The van der Waals surface area contributed by atoms with Gasteiger partial charge in [0.05, 0.1) is 30.0 Å². The lowest BCUT2D eigenvalue weighted by molar-refractivity contribution is 0.0916. The summed E-state index contributed by atoms with van der Waals surface area (Å²) in [5, 5.41) is 6.31. The fourth-order valence-corrected chi connectivity index (χ4v) is 4.86. The minimum atomic E-state index is -0.501. The Labute approximate surface area is 206 Å². The molecule has 0 saturated carbocycles. The number of pyridine rings is 2. The van der Waals surface area contributed by atoms with Crippen LogP contribution in [0.2, 0.25) is 0 Å². The first kappa shape index (κ1) is 22.1.